The van der Waals surface area contributed by atoms with Gasteiger partial charge in [0.25, 0.3) is 0 Å². The van der Waals surface area contributed by atoms with Gasteiger partial charge in [0.1, 0.15) is 21.9 Å². The number of methoxy groups -OCH3 is 1. The highest BCUT2D eigenvalue weighted by Crippen LogP contribution is 2.34. The van der Waals surface area contributed by atoms with E-state index in [4.69, 9.17) is 4.74 Å². The molecule has 0 radical (unpaired) electrons. The van der Waals surface area contributed by atoms with Crippen molar-refractivity contribution in [2.24, 2.45) is 0 Å². The lowest BCUT2D eigenvalue weighted by molar-refractivity contribution is 0.0605. The molecule has 2 aromatic rings. The normalized spacial score (nSPS) is 10.6. The molecule has 0 amide bonds. The van der Waals surface area contributed by atoms with Crippen molar-refractivity contribution in [3.8, 4) is 0 Å². The second-order valence-corrected chi connectivity index (χ2v) is 4.82. The molecule has 0 atom stereocenters. The Labute approximate surface area is 103 Å². The Morgan fingerprint density at radius 3 is 2.71 bits per heavy atom. The van der Waals surface area contributed by atoms with Crippen molar-refractivity contribution in [1.29, 1.82) is 0 Å². The summed E-state index contributed by atoms with van der Waals surface area (Å²) in [5.74, 6) is 0.495. The van der Waals surface area contributed by atoms with Crippen molar-refractivity contribution in [1.82, 2.24) is 9.97 Å². The van der Waals surface area contributed by atoms with Crippen LogP contribution < -0.4 is 4.90 Å². The van der Waals surface area contributed by atoms with Crippen LogP contribution in [0.25, 0.3) is 10.2 Å². The van der Waals surface area contributed by atoms with Gasteiger partial charge in [-0.25, -0.2) is 14.8 Å². The average molecular weight is 251 g/mol. The van der Waals surface area contributed by atoms with E-state index in [1.165, 1.54) is 24.8 Å². The Morgan fingerprint density at radius 1 is 1.41 bits per heavy atom. The van der Waals surface area contributed by atoms with E-state index in [9.17, 15) is 4.79 Å². The summed E-state index contributed by atoms with van der Waals surface area (Å²) in [6.07, 6.45) is 1.51. The van der Waals surface area contributed by atoms with E-state index in [-0.39, 0.29) is 5.97 Å². The molecule has 2 aromatic heterocycles. The van der Waals surface area contributed by atoms with Gasteiger partial charge in [0.2, 0.25) is 0 Å². The Balaban J connectivity index is 2.74. The standard InChI is InChI=1S/C11H13N3O2S/c1-6-7-9(14(2)3)12-5-13-10(7)17-8(6)11(15)16-4/h5H,1-4H3. The Morgan fingerprint density at radius 2 is 2.12 bits per heavy atom. The molecule has 0 aromatic carbocycles. The number of hydrogen-bond acceptors (Lipinski definition) is 6. The van der Waals surface area contributed by atoms with Crippen LogP contribution in [0.2, 0.25) is 0 Å². The van der Waals surface area contributed by atoms with E-state index >= 15 is 0 Å². The number of fused-ring (bicyclic) bond motifs is 1. The molecule has 0 N–H and O–H groups in total. The van der Waals surface area contributed by atoms with Crippen molar-refractivity contribution in [3.63, 3.8) is 0 Å². The molecule has 2 rings (SSSR count). The predicted molar refractivity (Wildman–Crippen MR) is 67.8 cm³/mol. The molecule has 2 heterocycles. The number of ether oxygens (including phenoxy) is 1. The fourth-order valence-corrected chi connectivity index (χ4v) is 2.74. The summed E-state index contributed by atoms with van der Waals surface area (Å²) in [6.45, 7) is 1.89. The molecule has 0 unspecified atom stereocenters. The van der Waals surface area contributed by atoms with Crippen molar-refractivity contribution in [3.05, 3.63) is 16.8 Å². The molecule has 0 bridgehead atoms. The highest BCUT2D eigenvalue weighted by Gasteiger charge is 2.20. The van der Waals surface area contributed by atoms with Gasteiger partial charge in [-0.05, 0) is 12.5 Å². The fraction of sp³-hybridized carbons (Fsp3) is 0.364. The van der Waals surface area contributed by atoms with E-state index < -0.39 is 0 Å². The van der Waals surface area contributed by atoms with E-state index in [0.29, 0.717) is 4.88 Å². The number of nitrogens with zero attached hydrogens (tertiary/aromatic N) is 3. The van der Waals surface area contributed by atoms with Crippen LogP contribution in [-0.4, -0.2) is 37.1 Å². The predicted octanol–water partition coefficient (Wildman–Crippen LogP) is 1.85. The zero-order valence-corrected chi connectivity index (χ0v) is 11.0. The van der Waals surface area contributed by atoms with E-state index in [1.54, 1.807) is 0 Å². The number of anilines is 1. The maximum absolute atomic E-state index is 11.6. The number of hydrogen-bond donors (Lipinski definition) is 0. The Bertz CT molecular complexity index is 577. The maximum atomic E-state index is 11.6. The zero-order chi connectivity index (χ0) is 12.6. The largest absolute Gasteiger partial charge is 0.465 e. The lowest BCUT2D eigenvalue weighted by Crippen LogP contribution is -2.11. The molecule has 0 aliphatic heterocycles. The van der Waals surface area contributed by atoms with Crippen LogP contribution in [0.1, 0.15) is 15.2 Å². The molecule has 0 aliphatic carbocycles. The van der Waals surface area contributed by atoms with E-state index in [1.807, 2.05) is 25.9 Å². The molecule has 0 saturated carbocycles. The summed E-state index contributed by atoms with van der Waals surface area (Å²) in [5, 5.41) is 0.919. The van der Waals surface area contributed by atoms with Gasteiger partial charge in [0.05, 0.1) is 12.5 Å². The summed E-state index contributed by atoms with van der Waals surface area (Å²) in [6, 6.07) is 0. The summed E-state index contributed by atoms with van der Waals surface area (Å²) < 4.78 is 4.76. The molecular formula is C11H13N3O2S. The zero-order valence-electron chi connectivity index (χ0n) is 10.1. The Hall–Kier alpha value is -1.69. The van der Waals surface area contributed by atoms with E-state index in [2.05, 4.69) is 9.97 Å². The van der Waals surface area contributed by atoms with Crippen molar-refractivity contribution in [2.45, 2.75) is 6.92 Å². The van der Waals surface area contributed by atoms with Gasteiger partial charge in [-0.3, -0.25) is 0 Å². The van der Waals surface area contributed by atoms with Crippen LogP contribution >= 0.6 is 11.3 Å². The van der Waals surface area contributed by atoms with Gasteiger partial charge >= 0.3 is 5.97 Å². The third-order valence-corrected chi connectivity index (χ3v) is 3.68. The minimum atomic E-state index is -0.324. The Kier molecular flexibility index (Phi) is 2.97. The average Bonchev–Trinajstić information content (AvgIpc) is 2.66. The summed E-state index contributed by atoms with van der Waals surface area (Å²) in [5.41, 5.74) is 0.876. The molecule has 0 fully saturated rings. The minimum absolute atomic E-state index is 0.324. The molecule has 5 nitrogen and oxygen atoms in total. The van der Waals surface area contributed by atoms with Gasteiger partial charge in [-0.2, -0.15) is 0 Å². The molecule has 90 valence electrons. The summed E-state index contributed by atoms with van der Waals surface area (Å²) >= 11 is 1.34. The lowest BCUT2D eigenvalue weighted by Gasteiger charge is -2.12. The first-order valence-corrected chi connectivity index (χ1v) is 5.87. The van der Waals surface area contributed by atoms with Gasteiger partial charge < -0.3 is 9.64 Å². The number of rotatable bonds is 2. The second kappa shape index (κ2) is 4.29. The molecular weight excluding hydrogens is 238 g/mol. The van der Waals surface area contributed by atoms with Gasteiger partial charge in [0, 0.05) is 14.1 Å². The highest BCUT2D eigenvalue weighted by atomic mass is 32.1. The topological polar surface area (TPSA) is 55.3 Å². The number of aromatic nitrogens is 2. The van der Waals surface area contributed by atoms with Crippen molar-refractivity contribution in [2.75, 3.05) is 26.1 Å². The van der Waals surface area contributed by atoms with Crippen LogP contribution in [-0.2, 0) is 4.74 Å². The molecule has 17 heavy (non-hydrogen) atoms. The third-order valence-electron chi connectivity index (χ3n) is 2.50. The molecule has 6 heteroatoms. The SMILES string of the molecule is COC(=O)c1sc2ncnc(N(C)C)c2c1C. The molecule has 0 spiro atoms. The van der Waals surface area contributed by atoms with Gasteiger partial charge in [-0.1, -0.05) is 0 Å². The highest BCUT2D eigenvalue weighted by molar-refractivity contribution is 7.20. The lowest BCUT2D eigenvalue weighted by atomic mass is 10.2. The summed E-state index contributed by atoms with van der Waals surface area (Å²) in [7, 11) is 5.21. The van der Waals surface area contributed by atoms with Crippen molar-refractivity contribution < 1.29 is 9.53 Å². The maximum Gasteiger partial charge on any atom is 0.348 e. The number of aryl methyl sites for hydroxylation is 1. The first kappa shape index (κ1) is 11.8. The quantitative estimate of drug-likeness (QED) is 0.762. The van der Waals surface area contributed by atoms with Gasteiger partial charge in [-0.15, -0.1) is 11.3 Å². The van der Waals surface area contributed by atoms with E-state index in [0.717, 1.165) is 21.6 Å². The number of esters is 1. The van der Waals surface area contributed by atoms with Crippen LogP contribution in [0.4, 0.5) is 5.82 Å². The third kappa shape index (κ3) is 1.84. The molecule has 0 aliphatic rings. The molecule has 0 saturated heterocycles. The smallest absolute Gasteiger partial charge is 0.348 e. The second-order valence-electron chi connectivity index (χ2n) is 3.82. The number of thiophene rings is 1. The first-order valence-electron chi connectivity index (χ1n) is 5.06. The number of carbonyl (C=O) groups is 1. The van der Waals surface area contributed by atoms with Crippen molar-refractivity contribution >= 4 is 33.3 Å². The van der Waals surface area contributed by atoms with Crippen LogP contribution in [0.3, 0.4) is 0 Å². The first-order chi connectivity index (χ1) is 8.06. The summed E-state index contributed by atoms with van der Waals surface area (Å²) in [4.78, 5) is 23.3. The fourth-order valence-electron chi connectivity index (χ4n) is 1.68. The number of carbonyl (C=O) groups excluding carboxylic acids is 1. The van der Waals surface area contributed by atoms with Gasteiger partial charge in [0.15, 0.2) is 0 Å². The van der Waals surface area contributed by atoms with Crippen LogP contribution in [0, 0.1) is 6.92 Å². The van der Waals surface area contributed by atoms with Crippen LogP contribution in [0.5, 0.6) is 0 Å². The monoisotopic (exact) mass is 251 g/mol. The minimum Gasteiger partial charge on any atom is -0.465 e. The van der Waals surface area contributed by atoms with Crippen LogP contribution in [0.15, 0.2) is 6.33 Å².